The predicted octanol–water partition coefficient (Wildman–Crippen LogP) is 3.29. The SMILES string of the molecule is CCNC(=NCc1ccc(OC)nc1)N1CC(C)(C)C1(C)C.I. The van der Waals surface area contributed by atoms with Crippen molar-refractivity contribution in [1.82, 2.24) is 15.2 Å². The van der Waals surface area contributed by atoms with Crippen molar-refractivity contribution in [1.29, 1.82) is 0 Å². The first-order valence-corrected chi connectivity index (χ1v) is 7.86. The van der Waals surface area contributed by atoms with E-state index in [9.17, 15) is 0 Å². The van der Waals surface area contributed by atoms with Gasteiger partial charge in [-0.25, -0.2) is 9.98 Å². The highest BCUT2D eigenvalue weighted by Gasteiger charge is 2.53. The van der Waals surface area contributed by atoms with Gasteiger partial charge in [0.05, 0.1) is 13.7 Å². The molecule has 0 bridgehead atoms. The first kappa shape index (κ1) is 20.0. The fraction of sp³-hybridized carbons (Fsp3) is 0.647. The molecular weight excluding hydrogens is 403 g/mol. The van der Waals surface area contributed by atoms with Gasteiger partial charge >= 0.3 is 0 Å². The molecule has 2 rings (SSSR count). The van der Waals surface area contributed by atoms with E-state index in [1.807, 2.05) is 18.3 Å². The molecule has 6 heteroatoms. The van der Waals surface area contributed by atoms with Crippen LogP contribution < -0.4 is 10.1 Å². The number of methoxy groups -OCH3 is 1. The zero-order valence-corrected chi connectivity index (χ0v) is 17.3. The topological polar surface area (TPSA) is 49.8 Å². The molecule has 0 radical (unpaired) electrons. The van der Waals surface area contributed by atoms with Crippen molar-refractivity contribution in [2.24, 2.45) is 10.4 Å². The molecule has 1 aliphatic heterocycles. The van der Waals surface area contributed by atoms with Gasteiger partial charge in [-0.15, -0.1) is 24.0 Å². The smallest absolute Gasteiger partial charge is 0.212 e. The van der Waals surface area contributed by atoms with Crippen LogP contribution in [-0.2, 0) is 6.54 Å². The van der Waals surface area contributed by atoms with Gasteiger partial charge in [0.15, 0.2) is 5.96 Å². The van der Waals surface area contributed by atoms with Crippen LogP contribution in [0.25, 0.3) is 0 Å². The van der Waals surface area contributed by atoms with Crippen LogP contribution in [0.1, 0.15) is 40.2 Å². The number of guanidine groups is 1. The fourth-order valence-electron chi connectivity index (χ4n) is 2.59. The van der Waals surface area contributed by atoms with Gasteiger partial charge in [0.25, 0.3) is 0 Å². The Hall–Kier alpha value is -1.05. The van der Waals surface area contributed by atoms with Crippen molar-refractivity contribution in [2.75, 3.05) is 20.2 Å². The molecule has 0 atom stereocenters. The number of halogens is 1. The fourth-order valence-corrected chi connectivity index (χ4v) is 2.59. The normalized spacial score (nSPS) is 18.7. The minimum atomic E-state index is 0. The molecule has 0 unspecified atom stereocenters. The van der Waals surface area contributed by atoms with Crippen LogP contribution in [-0.4, -0.2) is 41.6 Å². The minimum absolute atomic E-state index is 0. The number of hydrogen-bond acceptors (Lipinski definition) is 3. The van der Waals surface area contributed by atoms with Gasteiger partial charge in [0, 0.05) is 36.3 Å². The maximum Gasteiger partial charge on any atom is 0.212 e. The van der Waals surface area contributed by atoms with Crippen molar-refractivity contribution in [3.8, 4) is 5.88 Å². The van der Waals surface area contributed by atoms with E-state index in [2.05, 4.69) is 49.8 Å². The van der Waals surface area contributed by atoms with Gasteiger partial charge in [-0.05, 0) is 26.3 Å². The third-order valence-electron chi connectivity index (χ3n) is 4.89. The summed E-state index contributed by atoms with van der Waals surface area (Å²) in [6.07, 6.45) is 1.82. The Kier molecular flexibility index (Phi) is 6.68. The minimum Gasteiger partial charge on any atom is -0.481 e. The van der Waals surface area contributed by atoms with E-state index in [4.69, 9.17) is 9.73 Å². The van der Waals surface area contributed by atoms with Gasteiger partial charge in [0.2, 0.25) is 5.88 Å². The lowest BCUT2D eigenvalue weighted by Crippen LogP contribution is -2.72. The van der Waals surface area contributed by atoms with E-state index in [0.717, 1.165) is 24.6 Å². The molecule has 1 N–H and O–H groups in total. The molecule has 1 aromatic heterocycles. The number of nitrogens with one attached hydrogen (secondary N) is 1. The average molecular weight is 432 g/mol. The second-order valence-corrected chi connectivity index (χ2v) is 6.91. The number of pyridine rings is 1. The van der Waals surface area contributed by atoms with Crippen LogP contribution in [0.3, 0.4) is 0 Å². The number of nitrogens with zero attached hydrogens (tertiary/aromatic N) is 3. The molecule has 0 spiro atoms. The summed E-state index contributed by atoms with van der Waals surface area (Å²) in [6.45, 7) is 13.8. The van der Waals surface area contributed by atoms with Crippen molar-refractivity contribution < 1.29 is 4.74 Å². The molecular formula is C17H29IN4O. The molecule has 130 valence electrons. The summed E-state index contributed by atoms with van der Waals surface area (Å²) in [5.74, 6) is 1.60. The summed E-state index contributed by atoms with van der Waals surface area (Å²) >= 11 is 0. The highest BCUT2D eigenvalue weighted by molar-refractivity contribution is 14.0. The number of rotatable bonds is 4. The molecule has 0 aromatic carbocycles. The molecule has 1 saturated heterocycles. The van der Waals surface area contributed by atoms with Crippen molar-refractivity contribution in [3.05, 3.63) is 23.9 Å². The Morgan fingerprint density at radius 2 is 2.04 bits per heavy atom. The lowest BCUT2D eigenvalue weighted by Gasteiger charge is -2.62. The van der Waals surface area contributed by atoms with Crippen molar-refractivity contribution in [3.63, 3.8) is 0 Å². The Labute approximate surface area is 156 Å². The number of ether oxygens (including phenoxy) is 1. The Morgan fingerprint density at radius 3 is 2.48 bits per heavy atom. The highest BCUT2D eigenvalue weighted by atomic mass is 127. The summed E-state index contributed by atoms with van der Waals surface area (Å²) in [6, 6.07) is 3.87. The number of hydrogen-bond donors (Lipinski definition) is 1. The number of aliphatic imine (C=N–C) groups is 1. The quantitative estimate of drug-likeness (QED) is 0.451. The summed E-state index contributed by atoms with van der Waals surface area (Å²) in [5, 5.41) is 3.40. The summed E-state index contributed by atoms with van der Waals surface area (Å²) in [5.41, 5.74) is 1.48. The van der Waals surface area contributed by atoms with E-state index < -0.39 is 0 Å². The first-order valence-electron chi connectivity index (χ1n) is 7.86. The summed E-state index contributed by atoms with van der Waals surface area (Å²) in [7, 11) is 1.62. The Balaban J connectivity index is 0.00000264. The van der Waals surface area contributed by atoms with Gasteiger partial charge < -0.3 is 15.0 Å². The van der Waals surface area contributed by atoms with Crippen LogP contribution >= 0.6 is 24.0 Å². The van der Waals surface area contributed by atoms with E-state index in [0.29, 0.717) is 17.8 Å². The number of aromatic nitrogens is 1. The van der Waals surface area contributed by atoms with Crippen molar-refractivity contribution >= 4 is 29.9 Å². The molecule has 1 aromatic rings. The van der Waals surface area contributed by atoms with Gasteiger partial charge in [-0.3, -0.25) is 0 Å². The largest absolute Gasteiger partial charge is 0.481 e. The zero-order chi connectivity index (χ0) is 16.4. The Morgan fingerprint density at radius 1 is 1.35 bits per heavy atom. The summed E-state index contributed by atoms with van der Waals surface area (Å²) < 4.78 is 5.08. The molecule has 0 aliphatic carbocycles. The van der Waals surface area contributed by atoms with E-state index in [-0.39, 0.29) is 29.5 Å². The molecule has 0 amide bonds. The third-order valence-corrected chi connectivity index (χ3v) is 4.89. The van der Waals surface area contributed by atoms with Crippen LogP contribution in [0.5, 0.6) is 5.88 Å². The van der Waals surface area contributed by atoms with E-state index >= 15 is 0 Å². The average Bonchev–Trinajstić information content (AvgIpc) is 2.50. The molecule has 23 heavy (non-hydrogen) atoms. The molecule has 1 aliphatic rings. The van der Waals surface area contributed by atoms with Crippen LogP contribution in [0.2, 0.25) is 0 Å². The first-order chi connectivity index (χ1) is 10.3. The highest BCUT2D eigenvalue weighted by Crippen LogP contribution is 2.46. The van der Waals surface area contributed by atoms with E-state index in [1.165, 1.54) is 0 Å². The molecule has 2 heterocycles. The van der Waals surface area contributed by atoms with Gasteiger partial charge in [0.1, 0.15) is 0 Å². The third kappa shape index (κ3) is 4.08. The standard InChI is InChI=1S/C17H28N4O.HI/c1-7-18-15(21-12-16(2,3)17(21,4)5)20-11-13-8-9-14(22-6)19-10-13;/h8-10H,7,11-12H2,1-6H3,(H,18,20);1H. The second-order valence-electron chi connectivity index (χ2n) is 6.91. The van der Waals surface area contributed by atoms with Crippen LogP contribution in [0.15, 0.2) is 23.3 Å². The Bertz CT molecular complexity index is 540. The van der Waals surface area contributed by atoms with Crippen LogP contribution in [0, 0.1) is 5.41 Å². The lowest BCUT2D eigenvalue weighted by atomic mass is 9.65. The summed E-state index contributed by atoms with van der Waals surface area (Å²) in [4.78, 5) is 11.4. The zero-order valence-electron chi connectivity index (χ0n) is 15.0. The number of likely N-dealkylation sites (tertiary alicyclic amines) is 1. The monoisotopic (exact) mass is 432 g/mol. The van der Waals surface area contributed by atoms with Gasteiger partial charge in [-0.1, -0.05) is 19.9 Å². The lowest BCUT2D eigenvalue weighted by molar-refractivity contribution is -0.0667. The molecule has 5 nitrogen and oxygen atoms in total. The molecule has 1 fully saturated rings. The van der Waals surface area contributed by atoms with Crippen molar-refractivity contribution in [2.45, 2.75) is 46.7 Å². The predicted molar refractivity (Wildman–Crippen MR) is 106 cm³/mol. The molecule has 0 saturated carbocycles. The van der Waals surface area contributed by atoms with Gasteiger partial charge in [-0.2, -0.15) is 0 Å². The van der Waals surface area contributed by atoms with Crippen LogP contribution in [0.4, 0.5) is 0 Å². The maximum absolute atomic E-state index is 5.08. The van der Waals surface area contributed by atoms with E-state index in [1.54, 1.807) is 7.11 Å². The maximum atomic E-state index is 5.08. The second kappa shape index (κ2) is 7.68.